The molecule has 33 valence electrons. The molecule has 0 fully saturated rings. The molecule has 1 N–H and O–H groups in total. The van der Waals surface area contributed by atoms with Crippen molar-refractivity contribution >= 4 is 62.7 Å². The first-order valence-corrected chi connectivity index (χ1v) is 1.68. The largest absolute Gasteiger partial charge is 0.748 e. The molecule has 1 unspecified atom stereocenters. The summed E-state index contributed by atoms with van der Waals surface area (Å²) in [5, 5.41) is 7.03. The minimum absolute atomic E-state index is 0. The molecule has 0 aromatic carbocycles. The molecule has 0 aliphatic rings. The van der Waals surface area contributed by atoms with Crippen molar-refractivity contribution in [1.82, 2.24) is 0 Å². The molecular weight excluding hydrogens is 135 g/mol. The molecule has 1 radical (unpaired) electrons. The quantitative estimate of drug-likeness (QED) is 0.215. The second kappa shape index (κ2) is 6.67. The van der Waals surface area contributed by atoms with Crippen LogP contribution in [0.3, 0.4) is 0 Å². The van der Waals surface area contributed by atoms with Crippen LogP contribution in [0.15, 0.2) is 0 Å². The fourth-order valence-electron chi connectivity index (χ4n) is 0. The Morgan fingerprint density at radius 1 is 1.83 bits per heavy atom. The molecule has 0 bridgehead atoms. The molecule has 4 nitrogen and oxygen atoms in total. The number of rotatable bonds is 1. The van der Waals surface area contributed by atoms with Gasteiger partial charge in [0, 0.05) is 51.4 Å². The molecule has 6 heavy (non-hydrogen) atoms. The first kappa shape index (κ1) is 10.6. The van der Waals surface area contributed by atoms with Gasteiger partial charge in [0.15, 0.2) is 0 Å². The van der Waals surface area contributed by atoms with Gasteiger partial charge in [-0.25, -0.2) is 9.47 Å². The van der Waals surface area contributed by atoms with E-state index in [1.54, 1.807) is 0 Å². The van der Waals surface area contributed by atoms with E-state index in [-0.39, 0.29) is 51.4 Å². The van der Waals surface area contributed by atoms with Gasteiger partial charge in [0.1, 0.15) is 11.4 Å². The van der Waals surface area contributed by atoms with Crippen LogP contribution < -0.4 is 0 Å². The molecule has 0 aliphatic carbocycles. The van der Waals surface area contributed by atoms with Gasteiger partial charge in [-0.05, 0) is 0 Å². The molecule has 0 aromatic heterocycles. The van der Waals surface area contributed by atoms with Crippen molar-refractivity contribution in [3.8, 4) is 0 Å². The Labute approximate surface area is 79.7 Å². The predicted molar refractivity (Wildman–Crippen MR) is 18.4 cm³/mol. The monoisotopic (exact) mass is 136 g/mol. The SMILES string of the molecule is O=S([O-])OO.[K]. The average Bonchev–Trinajstić information content (AvgIpc) is 1.38. The Bertz CT molecular complexity index is 42.8. The summed E-state index contributed by atoms with van der Waals surface area (Å²) in [5.74, 6) is 0. The molecule has 1 atom stereocenters. The van der Waals surface area contributed by atoms with Crippen molar-refractivity contribution in [1.29, 1.82) is 0 Å². The molecule has 0 aromatic rings. The maximum absolute atomic E-state index is 8.90. The average molecular weight is 136 g/mol. The number of hydrogen-bond acceptors (Lipinski definition) is 4. The van der Waals surface area contributed by atoms with E-state index in [1.165, 1.54) is 0 Å². The van der Waals surface area contributed by atoms with Gasteiger partial charge in [-0.1, -0.05) is 0 Å². The van der Waals surface area contributed by atoms with Crippen molar-refractivity contribution in [3.63, 3.8) is 0 Å². The normalized spacial score (nSPS) is 12.3. The smallest absolute Gasteiger partial charge is 0.120 e. The zero-order chi connectivity index (χ0) is 4.28. The summed E-state index contributed by atoms with van der Waals surface area (Å²) in [4.78, 5) is 0. The van der Waals surface area contributed by atoms with Crippen LogP contribution in [0.2, 0.25) is 0 Å². The Morgan fingerprint density at radius 2 is 2.00 bits per heavy atom. The van der Waals surface area contributed by atoms with Gasteiger partial charge in [-0.15, -0.1) is 4.33 Å². The Morgan fingerprint density at radius 3 is 2.00 bits per heavy atom. The van der Waals surface area contributed by atoms with Crippen LogP contribution in [0.1, 0.15) is 0 Å². The third-order valence-corrected chi connectivity index (χ3v) is 0.183. The predicted octanol–water partition coefficient (Wildman–Crippen LogP) is -1.11. The van der Waals surface area contributed by atoms with E-state index in [1.807, 2.05) is 0 Å². The molecule has 0 aliphatic heterocycles. The zero-order valence-corrected chi connectivity index (χ0v) is 7.02. The van der Waals surface area contributed by atoms with E-state index in [0.717, 1.165) is 0 Å². The van der Waals surface area contributed by atoms with Gasteiger partial charge >= 0.3 is 0 Å². The Kier molecular flexibility index (Phi) is 11.8. The summed E-state index contributed by atoms with van der Waals surface area (Å²) in [6.07, 6.45) is 0. The Balaban J connectivity index is 0. The molecule has 0 rings (SSSR count). The van der Waals surface area contributed by atoms with Gasteiger partial charge in [0.25, 0.3) is 0 Å². The van der Waals surface area contributed by atoms with Crippen LogP contribution in [-0.4, -0.2) is 65.4 Å². The summed E-state index contributed by atoms with van der Waals surface area (Å²) in [5.41, 5.74) is 0. The van der Waals surface area contributed by atoms with Gasteiger partial charge in [0.05, 0.1) is 0 Å². The van der Waals surface area contributed by atoms with E-state index in [4.69, 9.17) is 14.0 Å². The van der Waals surface area contributed by atoms with Crippen molar-refractivity contribution < 1.29 is 18.4 Å². The minimum Gasteiger partial charge on any atom is -0.748 e. The third-order valence-electron chi connectivity index (χ3n) is 0.0609. The van der Waals surface area contributed by atoms with Crippen molar-refractivity contribution in [3.05, 3.63) is 0 Å². The van der Waals surface area contributed by atoms with Gasteiger partial charge in [-0.3, -0.25) is 0 Å². The fraction of sp³-hybridized carbons (Fsp3) is 0. The first-order chi connectivity index (χ1) is 2.27. The molecule has 0 saturated heterocycles. The molecule has 0 saturated carbocycles. The van der Waals surface area contributed by atoms with Gasteiger partial charge in [0.2, 0.25) is 0 Å². The minimum atomic E-state index is -2.77. The van der Waals surface area contributed by atoms with E-state index in [2.05, 4.69) is 4.33 Å². The summed E-state index contributed by atoms with van der Waals surface area (Å²) in [6, 6.07) is 0. The van der Waals surface area contributed by atoms with Crippen molar-refractivity contribution in [2.45, 2.75) is 0 Å². The number of hydrogen-bond donors (Lipinski definition) is 1. The summed E-state index contributed by atoms with van der Waals surface area (Å²) in [6.45, 7) is 0. The molecule has 6 heteroatoms. The topological polar surface area (TPSA) is 69.6 Å². The van der Waals surface area contributed by atoms with Crippen molar-refractivity contribution in [2.75, 3.05) is 0 Å². The van der Waals surface area contributed by atoms with Gasteiger partial charge in [-0.2, -0.15) is 0 Å². The van der Waals surface area contributed by atoms with E-state index < -0.39 is 11.4 Å². The summed E-state index contributed by atoms with van der Waals surface area (Å²) < 4.78 is 20.5. The molecular formula is HKO4S-. The van der Waals surface area contributed by atoms with Crippen LogP contribution in [-0.2, 0) is 15.7 Å². The maximum atomic E-state index is 8.90. The van der Waals surface area contributed by atoms with Crippen LogP contribution in [0, 0.1) is 0 Å². The standard InChI is InChI=1S/K.H2O4S/c;1-4-5(2)3/h;1H,(H,2,3)/p-1. The molecule has 0 heterocycles. The van der Waals surface area contributed by atoms with Crippen LogP contribution in [0.25, 0.3) is 0 Å². The Hall–Kier alpha value is 1.67. The summed E-state index contributed by atoms with van der Waals surface area (Å²) >= 11 is -2.77. The first-order valence-electron chi connectivity index (χ1n) is 0.683. The molecule has 0 amide bonds. The maximum Gasteiger partial charge on any atom is 0.120 e. The van der Waals surface area contributed by atoms with Crippen LogP contribution in [0.5, 0.6) is 0 Å². The van der Waals surface area contributed by atoms with E-state index in [0.29, 0.717) is 0 Å². The second-order valence-corrected chi connectivity index (χ2v) is 0.836. The van der Waals surface area contributed by atoms with Crippen molar-refractivity contribution in [2.24, 2.45) is 0 Å². The summed E-state index contributed by atoms with van der Waals surface area (Å²) in [7, 11) is 0. The van der Waals surface area contributed by atoms with E-state index in [9.17, 15) is 0 Å². The molecule has 0 spiro atoms. The fourth-order valence-corrected chi connectivity index (χ4v) is 0. The zero-order valence-electron chi connectivity index (χ0n) is 3.08. The van der Waals surface area contributed by atoms with Crippen LogP contribution >= 0.6 is 0 Å². The van der Waals surface area contributed by atoms with E-state index >= 15 is 0 Å². The second-order valence-electron chi connectivity index (χ2n) is 0.279. The van der Waals surface area contributed by atoms with Crippen LogP contribution in [0.4, 0.5) is 0 Å². The van der Waals surface area contributed by atoms with Gasteiger partial charge < -0.3 is 4.55 Å². The third kappa shape index (κ3) is 9.18.